The molecule has 106 valence electrons. The summed E-state index contributed by atoms with van der Waals surface area (Å²) in [6, 6.07) is 17.0. The molecule has 0 bridgehead atoms. The number of aromatic nitrogens is 1. The highest BCUT2D eigenvalue weighted by molar-refractivity contribution is 9.10. The number of nitrogens with zero attached hydrogens (tertiary/aromatic N) is 1. The summed E-state index contributed by atoms with van der Waals surface area (Å²) in [7, 11) is 0. The van der Waals surface area contributed by atoms with Gasteiger partial charge in [0.25, 0.3) is 0 Å². The van der Waals surface area contributed by atoms with Crippen molar-refractivity contribution in [3.8, 4) is 0 Å². The van der Waals surface area contributed by atoms with Gasteiger partial charge in [-0.3, -0.25) is 0 Å². The van der Waals surface area contributed by atoms with Gasteiger partial charge < -0.3 is 5.32 Å². The Labute approximate surface area is 129 Å². The molecule has 0 saturated heterocycles. The number of benzene rings is 1. The van der Waals surface area contributed by atoms with Crippen LogP contribution in [0.15, 0.2) is 53.1 Å². The molecule has 0 fully saturated rings. The molecule has 1 aromatic heterocycles. The number of rotatable bonds is 6. The third-order valence-electron chi connectivity index (χ3n) is 3.21. The molecular formula is C17H21BrN2. The van der Waals surface area contributed by atoms with Gasteiger partial charge in [-0.1, -0.05) is 50.2 Å². The molecule has 0 amide bonds. The zero-order chi connectivity index (χ0) is 14.4. The first-order valence-electron chi connectivity index (χ1n) is 7.05. The topological polar surface area (TPSA) is 24.9 Å². The lowest BCUT2D eigenvalue weighted by Gasteiger charge is -2.21. The minimum atomic E-state index is 0.372. The van der Waals surface area contributed by atoms with Gasteiger partial charge in [-0.2, -0.15) is 0 Å². The predicted molar refractivity (Wildman–Crippen MR) is 87.4 cm³/mol. The third kappa shape index (κ3) is 4.73. The maximum absolute atomic E-state index is 4.47. The molecule has 1 N–H and O–H groups in total. The van der Waals surface area contributed by atoms with Crippen LogP contribution in [0.5, 0.6) is 0 Å². The second-order valence-corrected chi connectivity index (χ2v) is 6.24. The largest absolute Gasteiger partial charge is 0.304 e. The van der Waals surface area contributed by atoms with Gasteiger partial charge in [-0.25, -0.2) is 4.98 Å². The molecule has 0 aliphatic rings. The summed E-state index contributed by atoms with van der Waals surface area (Å²) in [6.07, 6.45) is 1.12. The molecule has 1 aromatic carbocycles. The molecule has 20 heavy (non-hydrogen) atoms. The van der Waals surface area contributed by atoms with E-state index < -0.39 is 0 Å². The first-order chi connectivity index (χ1) is 9.65. The minimum Gasteiger partial charge on any atom is -0.304 e. The Morgan fingerprint density at radius 3 is 2.45 bits per heavy atom. The number of nitrogens with one attached hydrogen (secondary N) is 1. The lowest BCUT2D eigenvalue weighted by Crippen LogP contribution is -2.23. The number of pyridine rings is 1. The van der Waals surface area contributed by atoms with Crippen molar-refractivity contribution < 1.29 is 0 Å². The molecule has 2 nitrogen and oxygen atoms in total. The molecule has 0 aliphatic heterocycles. The highest BCUT2D eigenvalue weighted by Gasteiger charge is 2.12. The summed E-state index contributed by atoms with van der Waals surface area (Å²) in [4.78, 5) is 4.47. The van der Waals surface area contributed by atoms with E-state index in [-0.39, 0.29) is 0 Å². The van der Waals surface area contributed by atoms with Crippen LogP contribution in [0.3, 0.4) is 0 Å². The number of halogens is 1. The van der Waals surface area contributed by atoms with E-state index in [9.17, 15) is 0 Å². The van der Waals surface area contributed by atoms with E-state index in [1.165, 1.54) is 5.56 Å². The summed E-state index contributed by atoms with van der Waals surface area (Å²) >= 11 is 3.42. The van der Waals surface area contributed by atoms with Gasteiger partial charge in [-0.05, 0) is 46.0 Å². The molecule has 3 heteroatoms. The Morgan fingerprint density at radius 2 is 1.80 bits per heavy atom. The van der Waals surface area contributed by atoms with Crippen LogP contribution in [-0.2, 0) is 6.54 Å². The predicted octanol–water partition coefficient (Wildman–Crippen LogP) is 4.72. The summed E-state index contributed by atoms with van der Waals surface area (Å²) in [5.41, 5.74) is 2.40. The SMILES string of the molecule is CC(C)CC(NCc1cccc(Br)n1)c1ccccc1. The van der Waals surface area contributed by atoms with Gasteiger partial charge in [-0.15, -0.1) is 0 Å². The summed E-state index contributed by atoms with van der Waals surface area (Å²) < 4.78 is 0.886. The number of hydrogen-bond donors (Lipinski definition) is 1. The van der Waals surface area contributed by atoms with Crippen LogP contribution in [0.1, 0.15) is 37.6 Å². The molecule has 1 unspecified atom stereocenters. The van der Waals surface area contributed by atoms with Crippen molar-refractivity contribution in [1.29, 1.82) is 0 Å². The van der Waals surface area contributed by atoms with Crippen molar-refractivity contribution in [1.82, 2.24) is 10.3 Å². The third-order valence-corrected chi connectivity index (χ3v) is 3.65. The Bertz CT molecular complexity index is 526. The molecule has 2 rings (SSSR count). The smallest absolute Gasteiger partial charge is 0.106 e. The molecule has 1 heterocycles. The van der Waals surface area contributed by atoms with Gasteiger partial charge in [0.1, 0.15) is 4.60 Å². The van der Waals surface area contributed by atoms with Gasteiger partial charge in [0.15, 0.2) is 0 Å². The first kappa shape index (κ1) is 15.2. The van der Waals surface area contributed by atoms with Crippen LogP contribution in [-0.4, -0.2) is 4.98 Å². The maximum atomic E-state index is 4.47. The van der Waals surface area contributed by atoms with Crippen LogP contribution in [0.2, 0.25) is 0 Å². The molecule has 0 radical (unpaired) electrons. The molecule has 0 saturated carbocycles. The van der Waals surface area contributed by atoms with Crippen molar-refractivity contribution in [2.45, 2.75) is 32.9 Å². The Hall–Kier alpha value is -1.19. The minimum absolute atomic E-state index is 0.372. The van der Waals surface area contributed by atoms with Gasteiger partial charge in [0.2, 0.25) is 0 Å². The maximum Gasteiger partial charge on any atom is 0.106 e. The van der Waals surface area contributed by atoms with Crippen LogP contribution in [0.25, 0.3) is 0 Å². The van der Waals surface area contributed by atoms with Crippen LogP contribution < -0.4 is 5.32 Å². The van der Waals surface area contributed by atoms with E-state index in [2.05, 4.69) is 76.5 Å². The molecular weight excluding hydrogens is 312 g/mol. The van der Waals surface area contributed by atoms with Crippen molar-refractivity contribution in [3.63, 3.8) is 0 Å². The fourth-order valence-corrected chi connectivity index (χ4v) is 2.65. The lowest BCUT2D eigenvalue weighted by atomic mass is 9.97. The van der Waals surface area contributed by atoms with Crippen molar-refractivity contribution in [2.75, 3.05) is 0 Å². The van der Waals surface area contributed by atoms with E-state index in [0.29, 0.717) is 12.0 Å². The molecule has 2 aromatic rings. The van der Waals surface area contributed by atoms with Crippen molar-refractivity contribution in [3.05, 3.63) is 64.4 Å². The Morgan fingerprint density at radius 1 is 1.05 bits per heavy atom. The average Bonchev–Trinajstić information content (AvgIpc) is 2.44. The summed E-state index contributed by atoms with van der Waals surface area (Å²) in [5, 5.41) is 3.63. The van der Waals surface area contributed by atoms with Crippen LogP contribution in [0, 0.1) is 5.92 Å². The molecule has 1 atom stereocenters. The second kappa shape index (κ2) is 7.55. The fourth-order valence-electron chi connectivity index (χ4n) is 2.27. The highest BCUT2D eigenvalue weighted by Crippen LogP contribution is 2.21. The normalized spacial score (nSPS) is 12.6. The zero-order valence-corrected chi connectivity index (χ0v) is 13.6. The summed E-state index contributed by atoms with van der Waals surface area (Å²) in [6.45, 7) is 5.30. The molecule has 0 aliphatic carbocycles. The summed E-state index contributed by atoms with van der Waals surface area (Å²) in [5.74, 6) is 0.656. The monoisotopic (exact) mass is 332 g/mol. The highest BCUT2D eigenvalue weighted by atomic mass is 79.9. The van der Waals surface area contributed by atoms with E-state index >= 15 is 0 Å². The number of hydrogen-bond acceptors (Lipinski definition) is 2. The average molecular weight is 333 g/mol. The van der Waals surface area contributed by atoms with Gasteiger partial charge in [0, 0.05) is 12.6 Å². The second-order valence-electron chi connectivity index (χ2n) is 5.43. The van der Waals surface area contributed by atoms with E-state index in [0.717, 1.165) is 23.3 Å². The van der Waals surface area contributed by atoms with E-state index in [1.807, 2.05) is 12.1 Å². The van der Waals surface area contributed by atoms with Crippen LogP contribution >= 0.6 is 15.9 Å². The van der Waals surface area contributed by atoms with Crippen LogP contribution in [0.4, 0.5) is 0 Å². The fraction of sp³-hybridized carbons (Fsp3) is 0.353. The van der Waals surface area contributed by atoms with E-state index in [1.54, 1.807) is 0 Å². The quantitative estimate of drug-likeness (QED) is 0.774. The Balaban J connectivity index is 2.05. The van der Waals surface area contributed by atoms with Crippen molar-refractivity contribution in [2.24, 2.45) is 5.92 Å². The van der Waals surface area contributed by atoms with E-state index in [4.69, 9.17) is 0 Å². The standard InChI is InChI=1S/C17H21BrN2/c1-13(2)11-16(14-7-4-3-5-8-14)19-12-15-9-6-10-17(18)20-15/h3-10,13,16,19H,11-12H2,1-2H3. The lowest BCUT2D eigenvalue weighted by molar-refractivity contribution is 0.426. The first-order valence-corrected chi connectivity index (χ1v) is 7.84. The zero-order valence-electron chi connectivity index (χ0n) is 12.0. The van der Waals surface area contributed by atoms with Crippen molar-refractivity contribution >= 4 is 15.9 Å². The van der Waals surface area contributed by atoms with Gasteiger partial charge in [0.05, 0.1) is 5.69 Å². The van der Waals surface area contributed by atoms with Gasteiger partial charge >= 0.3 is 0 Å². The molecule has 0 spiro atoms. The Kier molecular flexibility index (Phi) is 5.74.